The Balaban J connectivity index is 3.07. The first-order chi connectivity index (χ1) is 3.85. The zero-order valence-electron chi connectivity index (χ0n) is 5.33. The second-order valence-electron chi connectivity index (χ2n) is 1.06. The number of alkyl halides is 1. The average molecular weight is 231 g/mol. The predicted octanol–water partition coefficient (Wildman–Crippen LogP) is -4.30. The molecule has 0 aromatic heterocycles. The van der Waals surface area contributed by atoms with E-state index in [9.17, 15) is 0 Å². The second-order valence-corrected chi connectivity index (χ2v) is 2.62. The summed E-state index contributed by atoms with van der Waals surface area (Å²) in [5.74, 6) is 0. The van der Waals surface area contributed by atoms with Gasteiger partial charge < -0.3 is 0 Å². The molecule has 52 valence electrons. The van der Waals surface area contributed by atoms with E-state index in [4.69, 9.17) is 0 Å². The van der Waals surface area contributed by atoms with Crippen LogP contribution in [0, 0.1) is 0 Å². The Bertz CT molecular complexity index is 46.5. The summed E-state index contributed by atoms with van der Waals surface area (Å²) in [5.41, 5.74) is 5.78. The first kappa shape index (κ1) is 8.57. The number of nitrogens with zero attached hydrogens (tertiary/aromatic N) is 1. The molecule has 0 aliphatic heterocycles. The number of hydrogen-bond acceptors (Lipinski definition) is 4. The van der Waals surface area contributed by atoms with Gasteiger partial charge in [-0.15, -0.1) is 0 Å². The molecular weight excluding hydrogens is 219 g/mol. The molecule has 0 atom stereocenters. The van der Waals surface area contributed by atoms with Gasteiger partial charge in [-0.3, -0.25) is 0 Å². The Morgan fingerprint density at radius 3 is 1.88 bits per heavy atom. The second kappa shape index (κ2) is 5.70. The normalized spacial score (nSPS) is 11.0. The van der Waals surface area contributed by atoms with Crippen LogP contribution in [-0.4, -0.2) is 24.3 Å². The third kappa shape index (κ3) is 3.56. The van der Waals surface area contributed by atoms with Crippen LogP contribution < -0.4 is 36.0 Å². The van der Waals surface area contributed by atoms with Crippen molar-refractivity contribution >= 4 is 0 Å². The molecule has 0 aliphatic rings. The first-order valence-corrected chi connectivity index (χ1v) is 5.47. The van der Waals surface area contributed by atoms with E-state index in [1.54, 1.807) is 5.23 Å². The van der Waals surface area contributed by atoms with Crippen molar-refractivity contribution in [2.24, 2.45) is 0 Å². The summed E-state index contributed by atoms with van der Waals surface area (Å²) >= 11 is 0.105. The Morgan fingerprint density at radius 2 is 1.75 bits per heavy atom. The van der Waals surface area contributed by atoms with Gasteiger partial charge in [0.25, 0.3) is 0 Å². The van der Waals surface area contributed by atoms with Crippen molar-refractivity contribution in [1.82, 2.24) is 19.7 Å². The molecule has 0 spiro atoms. The predicted molar refractivity (Wildman–Crippen MR) is 29.0 cm³/mol. The van der Waals surface area contributed by atoms with E-state index in [-0.39, 0.29) is 21.5 Å². The van der Waals surface area contributed by atoms with Crippen molar-refractivity contribution in [3.63, 3.8) is 0 Å². The van der Waals surface area contributed by atoms with Crippen molar-refractivity contribution in [2.45, 2.75) is 0 Å². The van der Waals surface area contributed by atoms with E-state index >= 15 is 0 Å². The van der Waals surface area contributed by atoms with Gasteiger partial charge in [-0.2, -0.15) is 0 Å². The zero-order chi connectivity index (χ0) is 6.41. The third-order valence-corrected chi connectivity index (χ3v) is 1.58. The van der Waals surface area contributed by atoms with Gasteiger partial charge in [0.1, 0.15) is 0 Å². The van der Waals surface area contributed by atoms with Gasteiger partial charge in [0.2, 0.25) is 0 Å². The van der Waals surface area contributed by atoms with E-state index in [0.29, 0.717) is 0 Å². The molecule has 0 rings (SSSR count). The minimum atomic E-state index is 0.105. The van der Waals surface area contributed by atoms with Crippen LogP contribution in [0.15, 0.2) is 0 Å². The van der Waals surface area contributed by atoms with Crippen LogP contribution in [0.5, 0.6) is 0 Å². The molecule has 5 heteroatoms. The molecule has 0 saturated carbocycles. The zero-order valence-corrected chi connectivity index (χ0v) is 7.48. The van der Waals surface area contributed by atoms with Gasteiger partial charge in [0, 0.05) is 0 Å². The molecule has 0 fully saturated rings. The number of halogens is 1. The van der Waals surface area contributed by atoms with Crippen molar-refractivity contribution in [3.8, 4) is 0 Å². The van der Waals surface area contributed by atoms with Crippen LogP contribution in [-0.2, 0) is 0 Å². The molecule has 0 aromatic carbocycles. The summed E-state index contributed by atoms with van der Waals surface area (Å²) in [4.78, 5) is 2.14. The summed E-state index contributed by atoms with van der Waals surface area (Å²) in [6.07, 6.45) is 0. The van der Waals surface area contributed by atoms with Crippen molar-refractivity contribution < 1.29 is 21.5 Å². The van der Waals surface area contributed by atoms with Gasteiger partial charge in [0.05, 0.1) is 0 Å². The van der Waals surface area contributed by atoms with Gasteiger partial charge in [-0.05, 0) is 0 Å². The van der Waals surface area contributed by atoms with Crippen LogP contribution in [0.25, 0.3) is 0 Å². The summed E-state index contributed by atoms with van der Waals surface area (Å²) in [6, 6.07) is 0. The van der Waals surface area contributed by atoms with Crippen LogP contribution in [0.3, 0.4) is 0 Å². The molecule has 0 radical (unpaired) electrons. The summed E-state index contributed by atoms with van der Waals surface area (Å²) in [6.45, 7) is 0. The quantitative estimate of drug-likeness (QED) is 0.198. The van der Waals surface area contributed by atoms with Crippen LogP contribution in [0.1, 0.15) is 0 Å². The van der Waals surface area contributed by atoms with E-state index in [0.717, 1.165) is 0 Å². The molecule has 4 nitrogen and oxygen atoms in total. The van der Waals surface area contributed by atoms with Crippen molar-refractivity contribution in [1.29, 1.82) is 0 Å². The molecule has 0 saturated heterocycles. The minimum absolute atomic E-state index is 0.105. The molecule has 0 bridgehead atoms. The molecule has 3 N–H and O–H groups in total. The summed E-state index contributed by atoms with van der Waals surface area (Å²) in [7, 11) is 3.70. The average Bonchev–Trinajstić information content (AvgIpc) is 1.83. The van der Waals surface area contributed by atoms with Gasteiger partial charge in [0.15, 0.2) is 0 Å². The van der Waals surface area contributed by atoms with Gasteiger partial charge in [-0.1, -0.05) is 0 Å². The summed E-state index contributed by atoms with van der Waals surface area (Å²) < 4.78 is 3.10. The molecular formula is C3H12IN4-. The number of nitrogens with one attached hydrogen (secondary N) is 3. The Hall–Kier alpha value is 0.570. The molecule has 0 aromatic rings. The Kier molecular flexibility index (Phi) is 6.11. The third-order valence-electron chi connectivity index (χ3n) is 0.616. The van der Waals surface area contributed by atoms with Crippen molar-refractivity contribution in [3.05, 3.63) is 0 Å². The molecule has 0 unspecified atom stereocenters. The Labute approximate surface area is 60.5 Å². The van der Waals surface area contributed by atoms with E-state index in [2.05, 4.69) is 19.4 Å². The first-order valence-electron chi connectivity index (χ1n) is 2.24. The van der Waals surface area contributed by atoms with Crippen LogP contribution in [0.4, 0.5) is 0 Å². The molecule has 8 heavy (non-hydrogen) atoms. The van der Waals surface area contributed by atoms with E-state index in [1.807, 2.05) is 14.1 Å². The van der Waals surface area contributed by atoms with Gasteiger partial charge >= 0.3 is 60.2 Å². The fraction of sp³-hybridized carbons (Fsp3) is 1.00. The molecule has 0 amide bonds. The standard InChI is InChI=1S/C3H12IN4/c1-4-7-8(5-2)6-3/h5-7H,1-3H3/q-1. The monoisotopic (exact) mass is 231 g/mol. The topological polar surface area (TPSA) is 39.3 Å². The maximum atomic E-state index is 3.10. The van der Waals surface area contributed by atoms with E-state index < -0.39 is 0 Å². The number of rotatable bonds is 4. The van der Waals surface area contributed by atoms with Crippen LogP contribution >= 0.6 is 0 Å². The van der Waals surface area contributed by atoms with Gasteiger partial charge in [-0.25, -0.2) is 0 Å². The SMILES string of the molecule is CNN(NC)N[I-]C. The molecule has 0 heterocycles. The van der Waals surface area contributed by atoms with Crippen LogP contribution in [0.2, 0.25) is 0 Å². The maximum absolute atomic E-state index is 3.10. The number of hydrazine groups is 3. The summed E-state index contributed by atoms with van der Waals surface area (Å²) in [5, 5.41) is 1.73. The van der Waals surface area contributed by atoms with Crippen molar-refractivity contribution in [2.75, 3.05) is 19.0 Å². The Morgan fingerprint density at radius 1 is 1.25 bits per heavy atom. The fourth-order valence-electron chi connectivity index (χ4n) is 0.281. The van der Waals surface area contributed by atoms with E-state index in [1.165, 1.54) is 0 Å². The molecule has 0 aliphatic carbocycles. The number of hydrogen-bond donors (Lipinski definition) is 3. The fourth-order valence-corrected chi connectivity index (χ4v) is 1.25.